The van der Waals surface area contributed by atoms with Gasteiger partial charge < -0.3 is 9.84 Å². The summed E-state index contributed by atoms with van der Waals surface area (Å²) in [7, 11) is 1.65. The van der Waals surface area contributed by atoms with Crippen LogP contribution in [-0.2, 0) is 9.53 Å². The van der Waals surface area contributed by atoms with E-state index in [0.29, 0.717) is 48.3 Å². The zero-order chi connectivity index (χ0) is 21.9. The number of alkyl halides is 4. The Labute approximate surface area is 185 Å². The average molecular weight is 495 g/mol. The lowest BCUT2D eigenvalue weighted by molar-refractivity contribution is -0.294. The van der Waals surface area contributed by atoms with Gasteiger partial charge in [-0.25, -0.2) is 0 Å². The lowest BCUT2D eigenvalue weighted by atomic mass is 9.43. The molecule has 3 nitrogen and oxygen atoms in total. The van der Waals surface area contributed by atoms with Gasteiger partial charge in [0.15, 0.2) is 5.60 Å². The van der Waals surface area contributed by atoms with Gasteiger partial charge in [0.05, 0.1) is 11.9 Å². The second-order valence-corrected chi connectivity index (χ2v) is 11.4. The Morgan fingerprint density at radius 2 is 1.83 bits per heavy atom. The molecular weight excluding hydrogens is 461 g/mol. The molecule has 0 unspecified atom stereocenters. The van der Waals surface area contributed by atoms with E-state index >= 15 is 0 Å². The van der Waals surface area contributed by atoms with E-state index in [1.54, 1.807) is 7.11 Å². The minimum atomic E-state index is -4.58. The predicted molar refractivity (Wildman–Crippen MR) is 111 cm³/mol. The summed E-state index contributed by atoms with van der Waals surface area (Å²) in [6, 6.07) is 0. The number of ether oxygens (including phenoxy) is 1. The molecule has 0 aromatic heterocycles. The van der Waals surface area contributed by atoms with E-state index in [-0.39, 0.29) is 35.5 Å². The zero-order valence-electron chi connectivity index (χ0n) is 17.9. The molecule has 4 saturated carbocycles. The Kier molecular flexibility index (Phi) is 5.93. The van der Waals surface area contributed by atoms with Crippen LogP contribution >= 0.6 is 15.9 Å². The van der Waals surface area contributed by atoms with E-state index in [1.165, 1.54) is 0 Å². The number of fused-ring (bicyclic) bond motifs is 5. The van der Waals surface area contributed by atoms with Crippen molar-refractivity contribution in [3.8, 4) is 0 Å². The number of halogens is 4. The molecule has 0 saturated heterocycles. The molecule has 4 rings (SSSR count). The van der Waals surface area contributed by atoms with Crippen molar-refractivity contribution in [3.05, 3.63) is 0 Å². The molecular formula is C23H34BrF3O3. The van der Waals surface area contributed by atoms with Gasteiger partial charge in [-0.1, -0.05) is 22.9 Å². The Morgan fingerprint density at radius 3 is 2.47 bits per heavy atom. The maximum Gasteiger partial charge on any atom is 0.417 e. The first-order valence-corrected chi connectivity index (χ1v) is 12.5. The highest BCUT2D eigenvalue weighted by Gasteiger charge is 2.66. The van der Waals surface area contributed by atoms with Crippen molar-refractivity contribution in [1.82, 2.24) is 0 Å². The standard InChI is InChI=1S/C23H34BrF3O3/c1-20-8-7-17-15(16(20)5-6-18(20)19(28)12-24)4-3-14-11-22(29,23(25,26)27)10-9-21(14,17)13-30-2/h14-18,29H,3-13H2,1-2H3/t14-,15+,16+,17+,18-,20+,21-,22-/m1/s1. The number of Topliss-reactive ketones (excluding diaryl/α,β-unsaturated/α-hetero) is 1. The first-order chi connectivity index (χ1) is 14.0. The highest BCUT2D eigenvalue weighted by atomic mass is 79.9. The molecule has 8 atom stereocenters. The summed E-state index contributed by atoms with van der Waals surface area (Å²) in [5, 5.41) is 10.8. The monoisotopic (exact) mass is 494 g/mol. The van der Waals surface area contributed by atoms with E-state index in [4.69, 9.17) is 4.74 Å². The first kappa shape index (κ1) is 23.0. The molecule has 0 bridgehead atoms. The van der Waals surface area contributed by atoms with Crippen LogP contribution in [0.4, 0.5) is 13.2 Å². The summed E-state index contributed by atoms with van der Waals surface area (Å²) in [5.74, 6) is 1.46. The largest absolute Gasteiger partial charge is 0.417 e. The van der Waals surface area contributed by atoms with Crippen LogP contribution in [0.3, 0.4) is 0 Å². The van der Waals surface area contributed by atoms with E-state index in [0.717, 1.165) is 32.1 Å². The number of hydrogen-bond donors (Lipinski definition) is 1. The van der Waals surface area contributed by atoms with Gasteiger partial charge in [-0.2, -0.15) is 13.2 Å². The topological polar surface area (TPSA) is 46.5 Å². The molecule has 4 fully saturated rings. The predicted octanol–water partition coefficient (Wildman–Crippen LogP) is 5.53. The SMILES string of the molecule is COC[C@]12CC[C@](O)(C(F)(F)F)C[C@H]1CC[C@H]1[C@@H]3CC[C@H](C(=O)CBr)[C@@]3(C)CC[C@@H]12. The van der Waals surface area contributed by atoms with Crippen LogP contribution in [0.25, 0.3) is 0 Å². The lowest BCUT2D eigenvalue weighted by Crippen LogP contribution is -2.61. The van der Waals surface area contributed by atoms with Crippen molar-refractivity contribution < 1.29 is 27.8 Å². The van der Waals surface area contributed by atoms with Crippen LogP contribution in [0.1, 0.15) is 64.7 Å². The van der Waals surface area contributed by atoms with Gasteiger partial charge in [-0.05, 0) is 92.3 Å². The minimum Gasteiger partial charge on any atom is -0.384 e. The van der Waals surface area contributed by atoms with Crippen LogP contribution in [-0.4, -0.2) is 41.7 Å². The van der Waals surface area contributed by atoms with Gasteiger partial charge in [0.2, 0.25) is 0 Å². The third-order valence-corrected chi connectivity index (χ3v) is 10.4. The molecule has 0 spiro atoms. The van der Waals surface area contributed by atoms with Gasteiger partial charge in [0.25, 0.3) is 0 Å². The van der Waals surface area contributed by atoms with E-state index < -0.39 is 11.8 Å². The van der Waals surface area contributed by atoms with Crippen LogP contribution in [0.2, 0.25) is 0 Å². The van der Waals surface area contributed by atoms with Crippen molar-refractivity contribution in [3.63, 3.8) is 0 Å². The number of carbonyl (C=O) groups is 1. The summed E-state index contributed by atoms with van der Waals surface area (Å²) in [4.78, 5) is 12.6. The Balaban J connectivity index is 1.63. The molecule has 30 heavy (non-hydrogen) atoms. The number of rotatable bonds is 4. The number of aliphatic hydroxyl groups is 1. The second kappa shape index (κ2) is 7.72. The smallest absolute Gasteiger partial charge is 0.384 e. The van der Waals surface area contributed by atoms with Crippen LogP contribution < -0.4 is 0 Å². The summed E-state index contributed by atoms with van der Waals surface area (Å²) in [6.07, 6.45) is 0.875. The molecule has 7 heteroatoms. The third kappa shape index (κ3) is 3.23. The molecule has 4 aliphatic rings. The number of ketones is 1. The van der Waals surface area contributed by atoms with Gasteiger partial charge >= 0.3 is 6.18 Å². The second-order valence-electron chi connectivity index (χ2n) is 10.8. The summed E-state index contributed by atoms with van der Waals surface area (Å²) in [6.45, 7) is 2.75. The van der Waals surface area contributed by atoms with E-state index in [1.807, 2.05) is 0 Å². The van der Waals surface area contributed by atoms with Crippen LogP contribution in [0.5, 0.6) is 0 Å². The third-order valence-electron chi connectivity index (χ3n) is 9.89. The Hall–Kier alpha value is -0.140. The van der Waals surface area contributed by atoms with Crippen molar-refractivity contribution in [2.45, 2.75) is 76.5 Å². The van der Waals surface area contributed by atoms with Gasteiger partial charge in [-0.3, -0.25) is 4.79 Å². The molecule has 172 valence electrons. The summed E-state index contributed by atoms with van der Waals surface area (Å²) >= 11 is 3.35. The van der Waals surface area contributed by atoms with Crippen LogP contribution in [0.15, 0.2) is 0 Å². The van der Waals surface area contributed by atoms with Gasteiger partial charge in [0, 0.05) is 13.0 Å². The van der Waals surface area contributed by atoms with Crippen molar-refractivity contribution >= 4 is 21.7 Å². The molecule has 0 aromatic rings. The van der Waals surface area contributed by atoms with Crippen molar-refractivity contribution in [2.75, 3.05) is 19.0 Å². The highest BCUT2D eigenvalue weighted by Crippen LogP contribution is 2.68. The molecule has 0 aliphatic heterocycles. The quantitative estimate of drug-likeness (QED) is 0.522. The molecule has 1 N–H and O–H groups in total. The zero-order valence-corrected chi connectivity index (χ0v) is 19.5. The maximum atomic E-state index is 13.6. The fourth-order valence-corrected chi connectivity index (χ4v) is 8.87. The molecule has 0 aromatic carbocycles. The average Bonchev–Trinajstić information content (AvgIpc) is 3.04. The lowest BCUT2D eigenvalue weighted by Gasteiger charge is -2.62. The minimum absolute atomic E-state index is 0.00842. The number of carbonyl (C=O) groups excluding carboxylic acids is 1. The molecule has 0 heterocycles. The first-order valence-electron chi connectivity index (χ1n) is 11.4. The molecule has 0 radical (unpaired) electrons. The van der Waals surface area contributed by atoms with Crippen molar-refractivity contribution in [1.29, 1.82) is 0 Å². The summed E-state index contributed by atoms with van der Waals surface area (Å²) in [5.41, 5.74) is -2.84. The maximum absolute atomic E-state index is 13.6. The fourth-order valence-electron chi connectivity index (χ4n) is 8.48. The summed E-state index contributed by atoms with van der Waals surface area (Å²) < 4.78 is 46.4. The van der Waals surface area contributed by atoms with E-state index in [2.05, 4.69) is 22.9 Å². The molecule has 4 aliphatic carbocycles. The molecule has 0 amide bonds. The van der Waals surface area contributed by atoms with Crippen LogP contribution in [0, 0.1) is 40.4 Å². The van der Waals surface area contributed by atoms with Crippen molar-refractivity contribution in [2.24, 2.45) is 40.4 Å². The normalized spacial score (nSPS) is 48.6. The fraction of sp³-hybridized carbons (Fsp3) is 0.957. The van der Waals surface area contributed by atoms with Gasteiger partial charge in [0.1, 0.15) is 5.78 Å². The Morgan fingerprint density at radius 1 is 1.10 bits per heavy atom. The highest BCUT2D eigenvalue weighted by molar-refractivity contribution is 9.09. The van der Waals surface area contributed by atoms with Gasteiger partial charge in [-0.15, -0.1) is 0 Å². The Bertz CT molecular complexity index is 685. The number of methoxy groups -OCH3 is 1. The number of hydrogen-bond acceptors (Lipinski definition) is 3. The van der Waals surface area contributed by atoms with E-state index in [9.17, 15) is 23.1 Å².